The smallest absolute Gasteiger partial charge is 0.276 e. The van der Waals surface area contributed by atoms with E-state index in [0.717, 1.165) is 12.1 Å². The maximum Gasteiger partial charge on any atom is 0.276 e. The number of H-pyrrole nitrogens is 2. The van der Waals surface area contributed by atoms with Gasteiger partial charge >= 0.3 is 0 Å². The van der Waals surface area contributed by atoms with Gasteiger partial charge in [0.15, 0.2) is 11.4 Å². The summed E-state index contributed by atoms with van der Waals surface area (Å²) in [6.07, 6.45) is -3.39. The summed E-state index contributed by atoms with van der Waals surface area (Å²) in [4.78, 5) is 60.4. The molecular weight excluding hydrogens is 660 g/mol. The molecule has 2 aromatic heterocycles. The normalized spacial score (nSPS) is 13.1. The van der Waals surface area contributed by atoms with Crippen LogP contribution in [0.1, 0.15) is 34.7 Å². The average Bonchev–Trinajstić information content (AvgIpc) is 3.07. The van der Waals surface area contributed by atoms with E-state index in [1.165, 1.54) is 48.5 Å². The van der Waals surface area contributed by atoms with Crippen molar-refractivity contribution >= 4 is 56.8 Å². The molecule has 0 bridgehead atoms. The van der Waals surface area contributed by atoms with Crippen molar-refractivity contribution in [1.29, 1.82) is 0 Å². The zero-order valence-corrected chi connectivity index (χ0v) is 25.2. The lowest BCUT2D eigenvalue weighted by Crippen LogP contribution is -2.27. The highest BCUT2D eigenvalue weighted by Gasteiger charge is 2.26. The number of hydrogen-bond donors (Lipinski definition) is 8. The third-order valence-corrected chi connectivity index (χ3v) is 6.89. The van der Waals surface area contributed by atoms with Crippen LogP contribution in [0.5, 0.6) is 0 Å². The van der Waals surface area contributed by atoms with Gasteiger partial charge in [-0.15, -0.1) is 20.4 Å². The second-order valence-electron chi connectivity index (χ2n) is 10.2. The van der Waals surface area contributed by atoms with E-state index in [1.807, 2.05) is 0 Å². The molecule has 2 unspecified atom stereocenters. The molecule has 50 heavy (non-hydrogen) atoms. The molecule has 0 saturated heterocycles. The van der Waals surface area contributed by atoms with E-state index in [-0.39, 0.29) is 44.6 Å². The number of aliphatic hydroxyl groups excluding tert-OH is 2. The van der Waals surface area contributed by atoms with E-state index in [0.29, 0.717) is 0 Å². The van der Waals surface area contributed by atoms with Gasteiger partial charge in [0, 0.05) is 24.3 Å². The number of guanidine groups is 2. The lowest BCUT2D eigenvalue weighted by Gasteiger charge is -2.16. The van der Waals surface area contributed by atoms with Crippen LogP contribution in [0.4, 0.5) is 11.4 Å². The average molecular weight is 685 g/mol. The molecule has 0 radical (unpaired) electrons. The van der Waals surface area contributed by atoms with Crippen molar-refractivity contribution in [1.82, 2.24) is 19.9 Å². The minimum Gasteiger partial charge on any atom is -0.382 e. The van der Waals surface area contributed by atoms with Crippen LogP contribution >= 0.6 is 0 Å². The minimum atomic E-state index is -1.70. The van der Waals surface area contributed by atoms with Gasteiger partial charge in [-0.2, -0.15) is 0 Å². The molecular formula is C28H24N14O8. The zero-order valence-electron chi connectivity index (χ0n) is 25.2. The van der Waals surface area contributed by atoms with Crippen LogP contribution in [0.25, 0.3) is 22.1 Å². The fraction of sp³-hybridized carbons (Fsp3) is 0.0714. The van der Waals surface area contributed by atoms with Crippen molar-refractivity contribution in [3.05, 3.63) is 124 Å². The topological polar surface area (TPSA) is 372 Å². The minimum absolute atomic E-state index is 0.0428. The van der Waals surface area contributed by atoms with Gasteiger partial charge in [0.05, 0.1) is 31.9 Å². The molecule has 3 aromatic carbocycles. The van der Waals surface area contributed by atoms with Gasteiger partial charge in [0.2, 0.25) is 11.9 Å². The number of fused-ring (bicyclic) bond motifs is 2. The molecule has 0 spiro atoms. The van der Waals surface area contributed by atoms with Crippen molar-refractivity contribution in [2.75, 3.05) is 0 Å². The number of nitrogens with one attached hydrogen (secondary N) is 2. The van der Waals surface area contributed by atoms with Gasteiger partial charge in [0.25, 0.3) is 22.5 Å². The van der Waals surface area contributed by atoms with Crippen LogP contribution in [0, 0.1) is 20.2 Å². The van der Waals surface area contributed by atoms with E-state index < -0.39 is 67.9 Å². The molecule has 0 amide bonds. The molecule has 0 aliphatic carbocycles. The second-order valence-corrected chi connectivity index (χ2v) is 10.2. The van der Waals surface area contributed by atoms with Crippen molar-refractivity contribution in [3.8, 4) is 0 Å². The predicted octanol–water partition coefficient (Wildman–Crippen LogP) is -0.602. The highest BCUT2D eigenvalue weighted by atomic mass is 16.6. The summed E-state index contributed by atoms with van der Waals surface area (Å²) in [6, 6.07) is 12.5. The number of rotatable bonds is 10. The third kappa shape index (κ3) is 7.09. The summed E-state index contributed by atoms with van der Waals surface area (Å²) in [5.74, 6) is -1.02. The number of hydrogen-bond acceptors (Lipinski definition) is 14. The highest BCUT2D eigenvalue weighted by Crippen LogP contribution is 2.25. The van der Waals surface area contributed by atoms with Crippen LogP contribution in [0.15, 0.2) is 90.7 Å². The Balaban J connectivity index is 1.53. The molecule has 5 rings (SSSR count). The molecule has 5 aromatic rings. The SMILES string of the molecule is NC(N)=N/N=C(/c1nc2ccc([N+](=O)[O-])cc2[nH]c1=O)C(O)c1ccc(C(O)/C(=N/N=C(N)N)c2nc3ccc([N+](=O)[O-])cc3[nH]c2=O)cc1. The lowest BCUT2D eigenvalue weighted by molar-refractivity contribution is -0.384. The Morgan fingerprint density at radius 2 is 1.00 bits per heavy atom. The van der Waals surface area contributed by atoms with Gasteiger partial charge in [-0.05, 0) is 23.3 Å². The molecule has 0 aliphatic heterocycles. The van der Waals surface area contributed by atoms with E-state index in [4.69, 9.17) is 22.9 Å². The number of aromatic nitrogens is 4. The van der Waals surface area contributed by atoms with Gasteiger partial charge in [0.1, 0.15) is 23.6 Å². The Bertz CT molecular complexity index is 2240. The molecule has 22 heteroatoms. The highest BCUT2D eigenvalue weighted by molar-refractivity contribution is 6.04. The Kier molecular flexibility index (Phi) is 9.30. The number of non-ortho nitro benzene ring substituents is 2. The van der Waals surface area contributed by atoms with Gasteiger partial charge < -0.3 is 43.1 Å². The molecule has 12 N–H and O–H groups in total. The first kappa shape index (κ1) is 33.9. The summed E-state index contributed by atoms with van der Waals surface area (Å²) in [6.45, 7) is 0. The summed E-state index contributed by atoms with van der Waals surface area (Å²) < 4.78 is 0. The first-order valence-corrected chi connectivity index (χ1v) is 13.9. The van der Waals surface area contributed by atoms with Gasteiger partial charge in [-0.3, -0.25) is 29.8 Å². The molecule has 2 heterocycles. The van der Waals surface area contributed by atoms with Crippen LogP contribution in [0.3, 0.4) is 0 Å². The summed E-state index contributed by atoms with van der Waals surface area (Å²) in [5.41, 5.74) is 18.2. The van der Waals surface area contributed by atoms with Crippen LogP contribution in [-0.2, 0) is 0 Å². The first-order valence-electron chi connectivity index (χ1n) is 13.9. The number of nitrogens with zero attached hydrogens (tertiary/aromatic N) is 8. The fourth-order valence-corrected chi connectivity index (χ4v) is 4.59. The van der Waals surface area contributed by atoms with Crippen molar-refractivity contribution in [3.63, 3.8) is 0 Å². The Morgan fingerprint density at radius 3 is 1.32 bits per heavy atom. The molecule has 0 saturated carbocycles. The van der Waals surface area contributed by atoms with Crippen molar-refractivity contribution in [2.45, 2.75) is 12.2 Å². The molecule has 0 aliphatic rings. The van der Waals surface area contributed by atoms with Crippen molar-refractivity contribution < 1.29 is 20.1 Å². The number of benzene rings is 3. The maximum absolute atomic E-state index is 13.0. The molecule has 254 valence electrons. The van der Waals surface area contributed by atoms with Crippen LogP contribution in [-0.4, -0.2) is 63.3 Å². The number of nitro groups is 2. The van der Waals surface area contributed by atoms with Gasteiger partial charge in [-0.1, -0.05) is 24.3 Å². The summed E-state index contributed by atoms with van der Waals surface area (Å²) in [7, 11) is 0. The Morgan fingerprint density at radius 1 is 0.640 bits per heavy atom. The molecule has 0 fully saturated rings. The maximum atomic E-state index is 13.0. The van der Waals surface area contributed by atoms with E-state index in [2.05, 4.69) is 40.3 Å². The van der Waals surface area contributed by atoms with Crippen molar-refractivity contribution in [2.24, 2.45) is 43.3 Å². The fourth-order valence-electron chi connectivity index (χ4n) is 4.59. The quantitative estimate of drug-likeness (QED) is 0.0394. The number of aliphatic hydroxyl groups is 2. The largest absolute Gasteiger partial charge is 0.382 e. The zero-order chi connectivity index (χ0) is 36.3. The third-order valence-electron chi connectivity index (χ3n) is 6.89. The number of nitro benzene ring substituents is 2. The van der Waals surface area contributed by atoms with E-state index >= 15 is 0 Å². The monoisotopic (exact) mass is 684 g/mol. The predicted molar refractivity (Wildman–Crippen MR) is 179 cm³/mol. The summed E-state index contributed by atoms with van der Waals surface area (Å²) >= 11 is 0. The lowest BCUT2D eigenvalue weighted by atomic mass is 9.97. The first-order chi connectivity index (χ1) is 23.7. The van der Waals surface area contributed by atoms with Gasteiger partial charge in [-0.25, -0.2) is 9.97 Å². The molecule has 2 atom stereocenters. The standard InChI is InChI=1S/C28H24N14O8/c29-27(30)39-37-19(21-25(45)35-17-9-13(41(47)48)5-7-15(17)33-21)23(43)11-1-2-12(4-3-11)24(44)20(38-40-28(31)32)22-26(46)36-18-10-14(42(49)50)6-8-16(18)34-22/h1-10,23-24,43-44H,(H,35,45)(H,36,46)(H4,29,30,39)(H4,31,32,40)/b37-19-,38-20+. The van der Waals surface area contributed by atoms with E-state index in [9.17, 15) is 40.0 Å². The Labute approximate surface area is 276 Å². The van der Waals surface area contributed by atoms with E-state index in [1.54, 1.807) is 0 Å². The number of aromatic amines is 2. The second kappa shape index (κ2) is 13.7. The molecule has 22 nitrogen and oxygen atoms in total. The Hall–Kier alpha value is -7.46. The summed E-state index contributed by atoms with van der Waals surface area (Å²) in [5, 5.41) is 59.7. The van der Waals surface area contributed by atoms with Crippen LogP contribution in [0.2, 0.25) is 0 Å². The van der Waals surface area contributed by atoms with Crippen LogP contribution < -0.4 is 34.1 Å². The number of nitrogens with two attached hydrogens (primary N) is 4.